The molecule has 174 valence electrons. The van der Waals surface area contributed by atoms with Gasteiger partial charge in [-0.25, -0.2) is 13.8 Å². The summed E-state index contributed by atoms with van der Waals surface area (Å²) in [6, 6.07) is 2.70. The highest BCUT2D eigenvalue weighted by atomic mass is 19.1. The Morgan fingerprint density at radius 1 is 1.24 bits per heavy atom. The molecule has 1 aromatic heterocycles. The third-order valence-corrected chi connectivity index (χ3v) is 6.81. The third-order valence-electron chi connectivity index (χ3n) is 6.81. The average Bonchev–Trinajstić information content (AvgIpc) is 3.57. The number of benzene rings is 1. The van der Waals surface area contributed by atoms with E-state index in [0.29, 0.717) is 17.6 Å². The molecule has 2 bridgehead atoms. The molecule has 0 radical (unpaired) electrons. The van der Waals surface area contributed by atoms with Gasteiger partial charge in [0.2, 0.25) is 5.91 Å². The van der Waals surface area contributed by atoms with Crippen LogP contribution in [0.5, 0.6) is 5.75 Å². The topological polar surface area (TPSA) is 90.4 Å². The molecule has 2 saturated heterocycles. The van der Waals surface area contributed by atoms with Crippen molar-refractivity contribution >= 4 is 17.8 Å². The van der Waals surface area contributed by atoms with E-state index < -0.39 is 12.0 Å². The lowest BCUT2D eigenvalue weighted by molar-refractivity contribution is -0.115. The van der Waals surface area contributed by atoms with Crippen LogP contribution in [0.15, 0.2) is 30.6 Å². The molecule has 2 aromatic rings. The average molecular weight is 456 g/mol. The van der Waals surface area contributed by atoms with E-state index in [-0.39, 0.29) is 40.9 Å². The van der Waals surface area contributed by atoms with Gasteiger partial charge in [0.05, 0.1) is 24.1 Å². The number of carbonyl (C=O) groups excluding carboxylic acids is 1. The standard InChI is InChI=1S/C24H27F2N5O2/c1-27-23(33)7-2-13-8-21(32)16(10-17(13)25)19-11-29-22(12-28-19)31(15-4-5-15)20-9-14-3-6-18(30-14)24(20)26/h2,7-8,10-12,14-15,18,20,24,30,32H,3-6,9H2,1H3,(H,27,33)/b7-2+/t14?,18?,20-,24+/m0/s1. The summed E-state index contributed by atoms with van der Waals surface area (Å²) in [7, 11) is 1.47. The molecule has 1 aromatic carbocycles. The van der Waals surface area contributed by atoms with Crippen molar-refractivity contribution in [2.24, 2.45) is 0 Å². The molecule has 9 heteroatoms. The lowest BCUT2D eigenvalue weighted by Gasteiger charge is -2.41. The normalized spacial score (nSPS) is 26.5. The summed E-state index contributed by atoms with van der Waals surface area (Å²) in [5.41, 5.74) is 0.596. The lowest BCUT2D eigenvalue weighted by atomic mass is 9.96. The Morgan fingerprint density at radius 2 is 2.06 bits per heavy atom. The summed E-state index contributed by atoms with van der Waals surface area (Å²) in [6.45, 7) is 0. The maximum atomic E-state index is 15.2. The van der Waals surface area contributed by atoms with Crippen LogP contribution in [-0.4, -0.2) is 58.4 Å². The highest BCUT2D eigenvalue weighted by Crippen LogP contribution is 2.40. The zero-order valence-corrected chi connectivity index (χ0v) is 18.3. The number of fused-ring (bicyclic) bond motifs is 2. The van der Waals surface area contributed by atoms with Crippen LogP contribution in [0, 0.1) is 5.82 Å². The van der Waals surface area contributed by atoms with E-state index in [4.69, 9.17) is 0 Å². The van der Waals surface area contributed by atoms with Crippen LogP contribution in [-0.2, 0) is 4.79 Å². The van der Waals surface area contributed by atoms with Gasteiger partial charge in [-0.1, -0.05) is 0 Å². The van der Waals surface area contributed by atoms with Gasteiger partial charge in [-0.2, -0.15) is 0 Å². The molecule has 4 atom stereocenters. The molecule has 3 aliphatic rings. The Kier molecular flexibility index (Phi) is 5.74. The monoisotopic (exact) mass is 455 g/mol. The minimum Gasteiger partial charge on any atom is -0.507 e. The van der Waals surface area contributed by atoms with Gasteiger partial charge in [0.25, 0.3) is 0 Å². The fraction of sp³-hybridized carbons (Fsp3) is 0.458. The molecule has 3 fully saturated rings. The molecule has 5 rings (SSSR count). The number of hydrogen-bond acceptors (Lipinski definition) is 6. The lowest BCUT2D eigenvalue weighted by Crippen LogP contribution is -2.57. The van der Waals surface area contributed by atoms with Crippen molar-refractivity contribution in [3.8, 4) is 17.0 Å². The quantitative estimate of drug-likeness (QED) is 0.581. The number of anilines is 1. The van der Waals surface area contributed by atoms with E-state index in [1.165, 1.54) is 37.5 Å². The largest absolute Gasteiger partial charge is 0.507 e. The summed E-state index contributed by atoms with van der Waals surface area (Å²) in [5.74, 6) is -0.538. The second-order valence-electron chi connectivity index (χ2n) is 9.03. The highest BCUT2D eigenvalue weighted by Gasteiger charge is 2.48. The second-order valence-corrected chi connectivity index (χ2v) is 9.03. The summed E-state index contributed by atoms with van der Waals surface area (Å²) < 4.78 is 29.8. The number of nitrogens with one attached hydrogen (secondary N) is 2. The van der Waals surface area contributed by atoms with Crippen LogP contribution < -0.4 is 15.5 Å². The Balaban J connectivity index is 1.39. The maximum Gasteiger partial charge on any atom is 0.243 e. The zero-order valence-electron chi connectivity index (χ0n) is 18.3. The minimum absolute atomic E-state index is 0.0823. The van der Waals surface area contributed by atoms with E-state index in [1.807, 2.05) is 0 Å². The molecular formula is C24H27F2N5O2. The number of aromatic hydroxyl groups is 1. The van der Waals surface area contributed by atoms with Crippen molar-refractivity contribution in [3.63, 3.8) is 0 Å². The Morgan fingerprint density at radius 3 is 2.76 bits per heavy atom. The van der Waals surface area contributed by atoms with Gasteiger partial charge in [0.15, 0.2) is 0 Å². The molecule has 7 nitrogen and oxygen atoms in total. The summed E-state index contributed by atoms with van der Waals surface area (Å²) >= 11 is 0. The van der Waals surface area contributed by atoms with Crippen molar-refractivity contribution in [2.45, 2.75) is 62.4 Å². The molecule has 33 heavy (non-hydrogen) atoms. The number of halogens is 2. The van der Waals surface area contributed by atoms with Gasteiger partial charge in [-0.3, -0.25) is 9.78 Å². The molecule has 1 aliphatic carbocycles. The maximum absolute atomic E-state index is 15.2. The number of piperidine rings is 1. The number of phenolic OH excluding ortho intramolecular Hbond substituents is 1. The van der Waals surface area contributed by atoms with E-state index in [9.17, 15) is 14.3 Å². The third kappa shape index (κ3) is 4.29. The van der Waals surface area contributed by atoms with Crippen molar-refractivity contribution in [1.29, 1.82) is 0 Å². The minimum atomic E-state index is -0.959. The number of alkyl halides is 1. The summed E-state index contributed by atoms with van der Waals surface area (Å²) in [4.78, 5) is 22.4. The van der Waals surface area contributed by atoms with Crippen molar-refractivity contribution in [3.05, 3.63) is 42.0 Å². The fourth-order valence-electron chi connectivity index (χ4n) is 4.98. The SMILES string of the molecule is CNC(=O)/C=C/c1cc(O)c(-c2cnc(N(C3CC3)[C@H]3CC4CCC(N4)[C@H]3F)cn2)cc1F. The van der Waals surface area contributed by atoms with Crippen molar-refractivity contribution in [1.82, 2.24) is 20.6 Å². The Hall–Kier alpha value is -3.07. The van der Waals surface area contributed by atoms with Gasteiger partial charge < -0.3 is 20.6 Å². The van der Waals surface area contributed by atoms with Gasteiger partial charge >= 0.3 is 0 Å². The van der Waals surface area contributed by atoms with Crippen molar-refractivity contribution in [2.75, 3.05) is 11.9 Å². The zero-order chi connectivity index (χ0) is 23.1. The predicted molar refractivity (Wildman–Crippen MR) is 121 cm³/mol. The predicted octanol–water partition coefficient (Wildman–Crippen LogP) is 2.95. The Bertz CT molecular complexity index is 1070. The molecule has 1 saturated carbocycles. The molecule has 0 spiro atoms. The smallest absolute Gasteiger partial charge is 0.243 e. The number of amides is 1. The molecule has 2 aliphatic heterocycles. The van der Waals surface area contributed by atoms with E-state index in [0.717, 1.165) is 32.1 Å². The van der Waals surface area contributed by atoms with Gasteiger partial charge in [0, 0.05) is 42.4 Å². The van der Waals surface area contributed by atoms with Crippen molar-refractivity contribution < 1.29 is 18.7 Å². The van der Waals surface area contributed by atoms with Crippen LogP contribution in [0.2, 0.25) is 0 Å². The van der Waals surface area contributed by atoms with Gasteiger partial charge in [0.1, 0.15) is 23.6 Å². The van der Waals surface area contributed by atoms with E-state index in [2.05, 4.69) is 25.5 Å². The van der Waals surface area contributed by atoms with Gasteiger partial charge in [-0.05, 0) is 50.3 Å². The summed E-state index contributed by atoms with van der Waals surface area (Å²) in [5, 5.41) is 16.2. The number of rotatable bonds is 6. The van der Waals surface area contributed by atoms with Crippen LogP contribution in [0.4, 0.5) is 14.6 Å². The molecule has 3 heterocycles. The van der Waals surface area contributed by atoms with Crippen LogP contribution in [0.25, 0.3) is 17.3 Å². The number of phenols is 1. The van der Waals surface area contributed by atoms with Crippen LogP contribution in [0.3, 0.4) is 0 Å². The second kappa shape index (κ2) is 8.70. The first-order chi connectivity index (χ1) is 15.9. The number of aromatic nitrogens is 2. The molecule has 1 amide bonds. The van der Waals surface area contributed by atoms with Gasteiger partial charge in [-0.15, -0.1) is 0 Å². The first-order valence-electron chi connectivity index (χ1n) is 11.4. The molecular weight excluding hydrogens is 428 g/mol. The number of nitrogens with zero attached hydrogens (tertiary/aromatic N) is 3. The summed E-state index contributed by atoms with van der Waals surface area (Å²) in [6.07, 6.45) is 9.22. The van der Waals surface area contributed by atoms with E-state index >= 15 is 4.39 Å². The molecule has 3 N–H and O–H groups in total. The highest BCUT2D eigenvalue weighted by molar-refractivity contribution is 5.91. The Labute approximate surface area is 190 Å². The number of carbonyl (C=O) groups is 1. The van der Waals surface area contributed by atoms with Crippen LogP contribution >= 0.6 is 0 Å². The number of likely N-dealkylation sites (N-methyl/N-ethyl adjacent to an activating group) is 1. The number of hydrogen-bond donors (Lipinski definition) is 3. The van der Waals surface area contributed by atoms with E-state index in [1.54, 1.807) is 6.20 Å². The molecule has 2 unspecified atom stereocenters. The fourth-order valence-corrected chi connectivity index (χ4v) is 4.98. The van der Waals surface area contributed by atoms with Crippen LogP contribution in [0.1, 0.15) is 37.7 Å². The first kappa shape index (κ1) is 21.8. The first-order valence-corrected chi connectivity index (χ1v) is 11.4.